The molecule has 1 heterocycles. The quantitative estimate of drug-likeness (QED) is 0.117. The number of hydrogen-bond acceptors (Lipinski definition) is 2. The lowest BCUT2D eigenvalue weighted by Crippen LogP contribution is -1.98. The Bertz CT molecular complexity index is 1610. The number of fused-ring (bicyclic) bond motifs is 3. The van der Waals surface area contributed by atoms with Gasteiger partial charge in [0.1, 0.15) is 5.75 Å². The van der Waals surface area contributed by atoms with Crippen molar-refractivity contribution in [3.05, 3.63) is 121 Å². The number of thiol groups is 1. The summed E-state index contributed by atoms with van der Waals surface area (Å²) < 4.78 is 8.51. The molecule has 0 atom stereocenters. The fourth-order valence-electron chi connectivity index (χ4n) is 5.72. The maximum absolute atomic E-state index is 6.11. The molecule has 206 valence electrons. The van der Waals surface area contributed by atoms with E-state index < -0.39 is 0 Å². The van der Waals surface area contributed by atoms with Gasteiger partial charge in [-0.1, -0.05) is 111 Å². The summed E-state index contributed by atoms with van der Waals surface area (Å²) in [5.41, 5.74) is 8.43. The second-order valence-corrected chi connectivity index (χ2v) is 11.2. The molecular formula is C38H37NOS. The molecule has 0 aliphatic rings. The third kappa shape index (κ3) is 6.21. The highest BCUT2D eigenvalue weighted by molar-refractivity contribution is 7.80. The molecule has 0 amide bonds. The standard InChI is InChI=1S/C38H37NOS/c41-26-12-4-2-1-3-11-25-40-34-21-19-33(20-22-34)39-37-27-31(29-13-7-5-8-14-29)17-23-35(37)36-24-18-32(28-38(36)39)30-15-9-6-10-16-30/h5-10,13-24,27-28,41H,1-4,11-12,25-26H2. The lowest BCUT2D eigenvalue weighted by molar-refractivity contribution is 0.304. The van der Waals surface area contributed by atoms with Crippen molar-refractivity contribution >= 4 is 34.4 Å². The maximum atomic E-state index is 6.11. The van der Waals surface area contributed by atoms with E-state index in [1.165, 1.54) is 76.2 Å². The van der Waals surface area contributed by atoms with Gasteiger partial charge >= 0.3 is 0 Å². The van der Waals surface area contributed by atoms with Gasteiger partial charge in [-0.3, -0.25) is 0 Å². The van der Waals surface area contributed by atoms with Crippen LogP contribution in [0.15, 0.2) is 121 Å². The summed E-state index contributed by atoms with van der Waals surface area (Å²) in [5, 5.41) is 2.52. The van der Waals surface area contributed by atoms with Crippen molar-refractivity contribution in [3.63, 3.8) is 0 Å². The van der Waals surface area contributed by atoms with Gasteiger partial charge in [0.25, 0.3) is 0 Å². The van der Waals surface area contributed by atoms with Crippen LogP contribution in [0.4, 0.5) is 0 Å². The highest BCUT2D eigenvalue weighted by Crippen LogP contribution is 2.37. The maximum Gasteiger partial charge on any atom is 0.119 e. The zero-order valence-electron chi connectivity index (χ0n) is 23.5. The van der Waals surface area contributed by atoms with Gasteiger partial charge < -0.3 is 9.30 Å². The zero-order chi connectivity index (χ0) is 27.9. The Hall–Kier alpha value is -3.95. The summed E-state index contributed by atoms with van der Waals surface area (Å²) >= 11 is 4.30. The molecule has 41 heavy (non-hydrogen) atoms. The predicted octanol–water partition coefficient (Wildman–Crippen LogP) is 10.8. The summed E-state index contributed by atoms with van der Waals surface area (Å²) in [4.78, 5) is 0. The van der Waals surface area contributed by atoms with E-state index in [0.29, 0.717) is 0 Å². The first kappa shape index (κ1) is 27.2. The van der Waals surface area contributed by atoms with Gasteiger partial charge in [0.2, 0.25) is 0 Å². The minimum atomic E-state index is 0.766. The van der Waals surface area contributed by atoms with Crippen molar-refractivity contribution in [3.8, 4) is 33.7 Å². The van der Waals surface area contributed by atoms with Gasteiger partial charge in [0, 0.05) is 16.5 Å². The third-order valence-electron chi connectivity index (χ3n) is 7.90. The second kappa shape index (κ2) is 13.1. The number of nitrogens with zero attached hydrogens (tertiary/aromatic N) is 1. The Balaban J connectivity index is 1.33. The normalized spacial score (nSPS) is 11.3. The van der Waals surface area contributed by atoms with Crippen LogP contribution in [0.1, 0.15) is 38.5 Å². The Labute approximate surface area is 249 Å². The topological polar surface area (TPSA) is 14.2 Å². The molecule has 6 aromatic rings. The van der Waals surface area contributed by atoms with Gasteiger partial charge in [0.15, 0.2) is 0 Å². The average Bonchev–Trinajstić information content (AvgIpc) is 3.36. The Kier molecular flexibility index (Phi) is 8.73. The number of aromatic nitrogens is 1. The SMILES string of the molecule is SCCCCCCCCOc1ccc(-n2c3cc(-c4ccccc4)ccc3c3ccc(-c4ccccc4)cc32)cc1. The molecule has 5 aromatic carbocycles. The molecular weight excluding hydrogens is 518 g/mol. The number of benzene rings is 5. The second-order valence-electron chi connectivity index (χ2n) is 10.7. The molecule has 0 spiro atoms. The molecule has 3 heteroatoms. The van der Waals surface area contributed by atoms with E-state index in [4.69, 9.17) is 4.74 Å². The molecule has 0 aliphatic heterocycles. The van der Waals surface area contributed by atoms with Crippen LogP contribution < -0.4 is 4.74 Å². The average molecular weight is 556 g/mol. The molecule has 0 saturated carbocycles. The van der Waals surface area contributed by atoms with Gasteiger partial charge in [-0.15, -0.1) is 0 Å². The Morgan fingerprint density at radius 3 is 1.54 bits per heavy atom. The van der Waals surface area contributed by atoms with E-state index in [9.17, 15) is 0 Å². The first-order valence-electron chi connectivity index (χ1n) is 14.8. The minimum absolute atomic E-state index is 0.766. The smallest absolute Gasteiger partial charge is 0.119 e. The van der Waals surface area contributed by atoms with E-state index in [1.807, 2.05) is 0 Å². The summed E-state index contributed by atoms with van der Waals surface area (Å²) in [6.45, 7) is 0.766. The van der Waals surface area contributed by atoms with E-state index in [-0.39, 0.29) is 0 Å². The molecule has 0 fully saturated rings. The van der Waals surface area contributed by atoms with Crippen molar-refractivity contribution in [2.24, 2.45) is 0 Å². The number of unbranched alkanes of at least 4 members (excludes halogenated alkanes) is 5. The molecule has 0 bridgehead atoms. The number of ether oxygens (including phenoxy) is 1. The van der Waals surface area contributed by atoms with Crippen LogP contribution in [0.5, 0.6) is 5.75 Å². The summed E-state index contributed by atoms with van der Waals surface area (Å²) in [5.74, 6) is 1.93. The Morgan fingerprint density at radius 1 is 0.488 bits per heavy atom. The predicted molar refractivity (Wildman–Crippen MR) is 179 cm³/mol. The Morgan fingerprint density at radius 2 is 1.00 bits per heavy atom. The van der Waals surface area contributed by atoms with Gasteiger partial charge in [-0.2, -0.15) is 12.6 Å². The molecule has 0 radical (unpaired) electrons. The van der Waals surface area contributed by atoms with Crippen molar-refractivity contribution in [1.82, 2.24) is 4.57 Å². The molecule has 6 rings (SSSR count). The van der Waals surface area contributed by atoms with Crippen LogP contribution in [0.2, 0.25) is 0 Å². The highest BCUT2D eigenvalue weighted by Gasteiger charge is 2.15. The fourth-order valence-corrected chi connectivity index (χ4v) is 5.94. The number of hydrogen-bond donors (Lipinski definition) is 1. The lowest BCUT2D eigenvalue weighted by Gasteiger charge is -2.12. The van der Waals surface area contributed by atoms with Gasteiger partial charge in [-0.05, 0) is 77.2 Å². The lowest BCUT2D eigenvalue weighted by atomic mass is 10.0. The van der Waals surface area contributed by atoms with Crippen LogP contribution in [0.3, 0.4) is 0 Å². The monoisotopic (exact) mass is 555 g/mol. The molecule has 2 nitrogen and oxygen atoms in total. The first-order chi connectivity index (χ1) is 20.3. The van der Waals surface area contributed by atoms with Crippen LogP contribution in [0.25, 0.3) is 49.7 Å². The van der Waals surface area contributed by atoms with Crippen LogP contribution in [-0.4, -0.2) is 16.9 Å². The van der Waals surface area contributed by atoms with Gasteiger partial charge in [0.05, 0.1) is 17.6 Å². The van der Waals surface area contributed by atoms with Crippen LogP contribution >= 0.6 is 12.6 Å². The summed E-state index contributed by atoms with van der Waals surface area (Å²) in [6.07, 6.45) is 7.40. The van der Waals surface area contributed by atoms with E-state index in [2.05, 4.69) is 139 Å². The highest BCUT2D eigenvalue weighted by atomic mass is 32.1. The van der Waals surface area contributed by atoms with Crippen LogP contribution in [-0.2, 0) is 0 Å². The van der Waals surface area contributed by atoms with Crippen molar-refractivity contribution < 1.29 is 4.74 Å². The number of rotatable bonds is 12. The molecule has 0 N–H and O–H groups in total. The van der Waals surface area contributed by atoms with E-state index >= 15 is 0 Å². The molecule has 1 aromatic heterocycles. The molecule has 0 aliphatic carbocycles. The summed E-state index contributed by atoms with van der Waals surface area (Å²) in [7, 11) is 0. The van der Waals surface area contributed by atoms with Crippen molar-refractivity contribution in [2.45, 2.75) is 38.5 Å². The molecule has 0 saturated heterocycles. The van der Waals surface area contributed by atoms with Crippen molar-refractivity contribution in [1.29, 1.82) is 0 Å². The van der Waals surface area contributed by atoms with Crippen LogP contribution in [0, 0.1) is 0 Å². The largest absolute Gasteiger partial charge is 0.494 e. The van der Waals surface area contributed by atoms with E-state index in [0.717, 1.165) is 30.2 Å². The fraction of sp³-hybridized carbons (Fsp3) is 0.211. The molecule has 0 unspecified atom stereocenters. The first-order valence-corrected chi connectivity index (χ1v) is 15.5. The van der Waals surface area contributed by atoms with Gasteiger partial charge in [-0.25, -0.2) is 0 Å². The zero-order valence-corrected chi connectivity index (χ0v) is 24.4. The minimum Gasteiger partial charge on any atom is -0.494 e. The van der Waals surface area contributed by atoms with E-state index in [1.54, 1.807) is 0 Å². The summed E-state index contributed by atoms with van der Waals surface area (Å²) in [6, 6.07) is 43.5. The third-order valence-corrected chi connectivity index (χ3v) is 8.21. The van der Waals surface area contributed by atoms with Crippen molar-refractivity contribution in [2.75, 3.05) is 12.4 Å².